The fraction of sp³-hybridized carbons (Fsp3) is 0.412. The van der Waals surface area contributed by atoms with Crippen molar-refractivity contribution in [3.8, 4) is 0 Å². The monoisotopic (exact) mass is 315 g/mol. The average molecular weight is 315 g/mol. The lowest BCUT2D eigenvalue weighted by Gasteiger charge is -2.12. The molecule has 0 radical (unpaired) electrons. The van der Waals surface area contributed by atoms with Crippen molar-refractivity contribution in [2.45, 2.75) is 37.6 Å². The molecule has 0 aliphatic heterocycles. The van der Waals surface area contributed by atoms with Crippen molar-refractivity contribution in [3.05, 3.63) is 47.3 Å². The Kier molecular flexibility index (Phi) is 4.73. The smallest absolute Gasteiger partial charge is 0.277 e. The Hall–Kier alpha value is -2.18. The molecule has 1 aliphatic carbocycles. The number of nitrogens with two attached hydrogens (primary N) is 1. The number of aromatic nitrogens is 1. The molecular weight excluding hydrogens is 294 g/mol. The predicted octanol–water partition coefficient (Wildman–Crippen LogP) is 2.58. The fourth-order valence-corrected chi connectivity index (χ4v) is 2.44. The van der Waals surface area contributed by atoms with Crippen LogP contribution in [0.15, 0.2) is 34.9 Å². The number of aliphatic hydroxyl groups is 1. The molecule has 1 aromatic carbocycles. The number of anilines is 1. The van der Waals surface area contributed by atoms with Crippen LogP contribution in [0, 0.1) is 0 Å². The van der Waals surface area contributed by atoms with Crippen molar-refractivity contribution in [1.82, 2.24) is 5.16 Å². The van der Waals surface area contributed by atoms with Crippen molar-refractivity contribution >= 4 is 11.6 Å². The maximum Gasteiger partial charge on any atom is 0.277 e. The highest BCUT2D eigenvalue weighted by Gasteiger charge is 2.28. The van der Waals surface area contributed by atoms with Crippen LogP contribution in [-0.2, 0) is 0 Å². The second kappa shape index (κ2) is 6.93. The third-order valence-electron chi connectivity index (χ3n) is 4.01. The van der Waals surface area contributed by atoms with E-state index in [1.54, 1.807) is 6.07 Å². The highest BCUT2D eigenvalue weighted by Crippen LogP contribution is 2.40. The van der Waals surface area contributed by atoms with E-state index >= 15 is 0 Å². The largest absolute Gasteiger partial charge is 0.396 e. The van der Waals surface area contributed by atoms with Crippen molar-refractivity contribution in [2.24, 2.45) is 5.73 Å². The van der Waals surface area contributed by atoms with Gasteiger partial charge in [0, 0.05) is 30.3 Å². The summed E-state index contributed by atoms with van der Waals surface area (Å²) >= 11 is 0. The first-order chi connectivity index (χ1) is 11.2. The van der Waals surface area contributed by atoms with E-state index in [0.29, 0.717) is 23.7 Å². The van der Waals surface area contributed by atoms with Gasteiger partial charge in [0.05, 0.1) is 0 Å². The second-order valence-electron chi connectivity index (χ2n) is 5.94. The van der Waals surface area contributed by atoms with Gasteiger partial charge >= 0.3 is 0 Å². The number of amides is 1. The molecule has 1 saturated carbocycles. The van der Waals surface area contributed by atoms with E-state index in [0.717, 1.165) is 30.6 Å². The van der Waals surface area contributed by atoms with E-state index in [2.05, 4.69) is 10.5 Å². The van der Waals surface area contributed by atoms with Gasteiger partial charge in [-0.25, -0.2) is 0 Å². The van der Waals surface area contributed by atoms with E-state index < -0.39 is 0 Å². The minimum absolute atomic E-state index is 0.108. The van der Waals surface area contributed by atoms with Crippen molar-refractivity contribution in [2.75, 3.05) is 11.9 Å². The van der Waals surface area contributed by atoms with Crippen LogP contribution < -0.4 is 11.1 Å². The normalized spacial score (nSPS) is 15.4. The van der Waals surface area contributed by atoms with Crippen LogP contribution in [0.1, 0.15) is 59.5 Å². The van der Waals surface area contributed by atoms with Crippen LogP contribution in [0.4, 0.5) is 5.69 Å². The number of aliphatic hydroxyl groups excluding tert-OH is 1. The Balaban J connectivity index is 1.59. The van der Waals surface area contributed by atoms with Gasteiger partial charge in [-0.1, -0.05) is 17.3 Å². The summed E-state index contributed by atoms with van der Waals surface area (Å²) in [5, 5.41) is 15.5. The van der Waals surface area contributed by atoms with Gasteiger partial charge in [-0.2, -0.15) is 0 Å². The number of nitrogens with zero attached hydrogens (tertiary/aromatic N) is 1. The van der Waals surface area contributed by atoms with Crippen LogP contribution in [0.5, 0.6) is 0 Å². The Labute approximate surface area is 134 Å². The number of rotatable bonds is 7. The van der Waals surface area contributed by atoms with Crippen molar-refractivity contribution < 1.29 is 14.4 Å². The van der Waals surface area contributed by atoms with E-state index in [4.69, 9.17) is 15.4 Å². The molecule has 6 nitrogen and oxygen atoms in total. The molecule has 23 heavy (non-hydrogen) atoms. The molecule has 0 saturated heterocycles. The molecule has 2 aromatic rings. The Morgan fingerprint density at radius 2 is 2.13 bits per heavy atom. The van der Waals surface area contributed by atoms with E-state index in [1.165, 1.54) is 0 Å². The zero-order chi connectivity index (χ0) is 16.2. The number of hydrogen-bond acceptors (Lipinski definition) is 5. The third kappa shape index (κ3) is 3.97. The van der Waals surface area contributed by atoms with Gasteiger partial charge in [0.2, 0.25) is 0 Å². The lowest BCUT2D eigenvalue weighted by atomic mass is 10.0. The van der Waals surface area contributed by atoms with Gasteiger partial charge in [-0.3, -0.25) is 4.79 Å². The summed E-state index contributed by atoms with van der Waals surface area (Å²) in [5.41, 5.74) is 8.01. The first-order valence-corrected chi connectivity index (χ1v) is 7.91. The number of hydrogen-bond donors (Lipinski definition) is 3. The zero-order valence-electron chi connectivity index (χ0n) is 12.9. The molecule has 1 aliphatic rings. The second-order valence-corrected chi connectivity index (χ2v) is 5.94. The van der Waals surface area contributed by atoms with Gasteiger partial charge in [0.15, 0.2) is 5.69 Å². The summed E-state index contributed by atoms with van der Waals surface area (Å²) in [7, 11) is 0. The minimum atomic E-state index is -0.280. The van der Waals surface area contributed by atoms with Crippen LogP contribution in [0.3, 0.4) is 0 Å². The Morgan fingerprint density at radius 1 is 1.39 bits per heavy atom. The molecule has 1 atom stereocenters. The van der Waals surface area contributed by atoms with Crippen molar-refractivity contribution in [1.29, 1.82) is 0 Å². The third-order valence-corrected chi connectivity index (χ3v) is 4.01. The van der Waals surface area contributed by atoms with Gasteiger partial charge in [0.1, 0.15) is 5.76 Å². The first-order valence-electron chi connectivity index (χ1n) is 7.91. The minimum Gasteiger partial charge on any atom is -0.396 e. The number of nitrogens with one attached hydrogen (secondary N) is 1. The molecule has 1 heterocycles. The van der Waals surface area contributed by atoms with Gasteiger partial charge in [0.25, 0.3) is 5.91 Å². The van der Waals surface area contributed by atoms with E-state index in [9.17, 15) is 4.79 Å². The van der Waals surface area contributed by atoms with Crippen molar-refractivity contribution in [3.63, 3.8) is 0 Å². The van der Waals surface area contributed by atoms with Crippen LogP contribution in [0.2, 0.25) is 0 Å². The molecule has 1 fully saturated rings. The highest BCUT2D eigenvalue weighted by atomic mass is 16.5. The maximum atomic E-state index is 12.1. The summed E-state index contributed by atoms with van der Waals surface area (Å²) in [6.07, 6.45) is 3.61. The van der Waals surface area contributed by atoms with Crippen LogP contribution in [-0.4, -0.2) is 22.8 Å². The van der Waals surface area contributed by atoms with Crippen LogP contribution in [0.25, 0.3) is 0 Å². The topological polar surface area (TPSA) is 101 Å². The summed E-state index contributed by atoms with van der Waals surface area (Å²) in [6, 6.07) is 9.00. The van der Waals surface area contributed by atoms with E-state index in [-0.39, 0.29) is 18.6 Å². The van der Waals surface area contributed by atoms with Gasteiger partial charge in [-0.15, -0.1) is 0 Å². The first kappa shape index (κ1) is 15.7. The molecule has 0 bridgehead atoms. The number of carbonyl (C=O) groups excluding carboxylic acids is 1. The molecule has 4 N–H and O–H groups in total. The molecule has 6 heteroatoms. The van der Waals surface area contributed by atoms with Gasteiger partial charge in [-0.05, 0) is 43.4 Å². The predicted molar refractivity (Wildman–Crippen MR) is 86.1 cm³/mol. The quantitative estimate of drug-likeness (QED) is 0.729. The maximum absolute atomic E-state index is 12.1. The summed E-state index contributed by atoms with van der Waals surface area (Å²) in [4.78, 5) is 12.1. The highest BCUT2D eigenvalue weighted by molar-refractivity contribution is 6.02. The SMILES string of the molecule is NC(CCCO)c1ccc(NC(=O)c2cc(C3CC3)on2)cc1. The Morgan fingerprint density at radius 3 is 2.78 bits per heavy atom. The average Bonchev–Trinajstić information content (AvgIpc) is 3.30. The molecule has 0 spiro atoms. The fourth-order valence-electron chi connectivity index (χ4n) is 2.44. The van der Waals surface area contributed by atoms with E-state index in [1.807, 2.05) is 24.3 Å². The summed E-state index contributed by atoms with van der Waals surface area (Å²) < 4.78 is 5.19. The number of benzene rings is 1. The molecule has 1 amide bonds. The molecular formula is C17H21N3O3. The standard InChI is InChI=1S/C17H21N3O3/c18-14(2-1-9-21)11-5-7-13(8-6-11)19-17(22)15-10-16(23-20-15)12-3-4-12/h5-8,10,12,14,21H,1-4,9,18H2,(H,19,22). The molecule has 122 valence electrons. The summed E-state index contributed by atoms with van der Waals surface area (Å²) in [6.45, 7) is 0.141. The lowest BCUT2D eigenvalue weighted by molar-refractivity contribution is 0.101. The summed E-state index contributed by atoms with van der Waals surface area (Å²) in [5.74, 6) is 0.946. The number of carbonyl (C=O) groups is 1. The molecule has 1 aromatic heterocycles. The molecule has 3 rings (SSSR count). The van der Waals surface area contributed by atoms with Crippen LogP contribution >= 0.6 is 0 Å². The van der Waals surface area contributed by atoms with Gasteiger partial charge < -0.3 is 20.7 Å². The lowest BCUT2D eigenvalue weighted by Crippen LogP contribution is -2.13. The molecule has 1 unspecified atom stereocenters. The zero-order valence-corrected chi connectivity index (χ0v) is 12.9. The Bertz CT molecular complexity index is 662.